The lowest BCUT2D eigenvalue weighted by atomic mass is 10.1. The van der Waals surface area contributed by atoms with Gasteiger partial charge in [0.05, 0.1) is 33.3 Å². The Morgan fingerprint density at radius 2 is 1.73 bits per heavy atom. The van der Waals surface area contributed by atoms with Crippen molar-refractivity contribution < 1.29 is 18.1 Å². The van der Waals surface area contributed by atoms with Crippen LogP contribution in [0.25, 0.3) is 0 Å². The minimum atomic E-state index is -3.54. The highest BCUT2D eigenvalue weighted by molar-refractivity contribution is 7.89. The highest BCUT2D eigenvalue weighted by atomic mass is 32.2. The molecule has 1 aliphatic rings. The highest BCUT2D eigenvalue weighted by Crippen LogP contribution is 2.27. The van der Waals surface area contributed by atoms with Crippen LogP contribution in [0.1, 0.15) is 16.7 Å². The molecule has 2 aromatic rings. The van der Waals surface area contributed by atoms with Gasteiger partial charge in [0, 0.05) is 5.56 Å². The van der Waals surface area contributed by atoms with Gasteiger partial charge in [0.1, 0.15) is 17.2 Å². The number of quaternary nitrogens is 1. The summed E-state index contributed by atoms with van der Waals surface area (Å²) in [7, 11) is -2.03. The van der Waals surface area contributed by atoms with Crippen molar-refractivity contribution in [3.8, 4) is 5.75 Å². The number of sulfonamides is 1. The first kappa shape index (κ1) is 18.9. The Balaban J connectivity index is 1.70. The fourth-order valence-corrected chi connectivity index (χ4v) is 5.14. The van der Waals surface area contributed by atoms with Gasteiger partial charge >= 0.3 is 0 Å². The molecule has 0 aliphatic carbocycles. The summed E-state index contributed by atoms with van der Waals surface area (Å²) >= 11 is 0. The van der Waals surface area contributed by atoms with Gasteiger partial charge in [0.2, 0.25) is 10.0 Å². The average Bonchev–Trinajstić information content (AvgIpc) is 2.62. The van der Waals surface area contributed by atoms with Crippen LogP contribution in [-0.2, 0) is 16.6 Å². The molecule has 0 radical (unpaired) electrons. The van der Waals surface area contributed by atoms with E-state index in [-0.39, 0.29) is 4.90 Å². The molecule has 0 atom stereocenters. The number of hydrogen-bond donors (Lipinski definition) is 1. The lowest BCUT2D eigenvalue weighted by Gasteiger charge is -2.32. The molecule has 1 aliphatic heterocycles. The van der Waals surface area contributed by atoms with Crippen molar-refractivity contribution in [2.24, 2.45) is 0 Å². The number of rotatable bonds is 5. The Labute approximate surface area is 156 Å². The molecular weight excluding hydrogens is 348 g/mol. The van der Waals surface area contributed by atoms with E-state index in [2.05, 4.69) is 31.2 Å². The molecule has 0 amide bonds. The van der Waals surface area contributed by atoms with Crippen LogP contribution in [-0.4, -0.2) is 46.0 Å². The molecular formula is C20H27N2O3S+. The van der Waals surface area contributed by atoms with Crippen molar-refractivity contribution >= 4 is 10.0 Å². The fourth-order valence-electron chi connectivity index (χ4n) is 3.45. The van der Waals surface area contributed by atoms with Gasteiger partial charge in [-0.25, -0.2) is 8.42 Å². The van der Waals surface area contributed by atoms with E-state index in [9.17, 15) is 8.42 Å². The van der Waals surface area contributed by atoms with E-state index < -0.39 is 10.0 Å². The minimum absolute atomic E-state index is 0.266. The number of piperazine rings is 1. The van der Waals surface area contributed by atoms with Crippen LogP contribution >= 0.6 is 0 Å². The lowest BCUT2D eigenvalue weighted by Crippen LogP contribution is -3.13. The summed E-state index contributed by atoms with van der Waals surface area (Å²) in [6, 6.07) is 13.8. The largest absolute Gasteiger partial charge is 0.495 e. The molecule has 1 saturated heterocycles. The first-order chi connectivity index (χ1) is 12.4. The van der Waals surface area contributed by atoms with E-state index in [0.717, 1.165) is 25.2 Å². The predicted octanol–water partition coefficient (Wildman–Crippen LogP) is 1.40. The zero-order chi connectivity index (χ0) is 18.7. The standard InChI is InChI=1S/C20H26N2O3S/c1-16-5-4-6-18(13-16)15-21-9-11-22(12-10-21)26(23,24)20-14-17(2)7-8-19(20)25-3/h4-8,13-14H,9-12,15H2,1-3H3/p+1. The third kappa shape index (κ3) is 4.09. The summed E-state index contributed by atoms with van der Waals surface area (Å²) in [5.74, 6) is 0.408. The Kier molecular flexibility index (Phi) is 5.65. The molecule has 0 unspecified atom stereocenters. The normalized spacial score (nSPS) is 16.6. The van der Waals surface area contributed by atoms with Gasteiger partial charge in [-0.1, -0.05) is 35.9 Å². The van der Waals surface area contributed by atoms with Gasteiger partial charge < -0.3 is 9.64 Å². The van der Waals surface area contributed by atoms with Crippen LogP contribution in [0, 0.1) is 13.8 Å². The minimum Gasteiger partial charge on any atom is -0.495 e. The molecule has 0 aromatic heterocycles. The van der Waals surface area contributed by atoms with Gasteiger partial charge in [-0.2, -0.15) is 4.31 Å². The molecule has 0 spiro atoms. The van der Waals surface area contributed by atoms with Crippen molar-refractivity contribution in [1.29, 1.82) is 0 Å². The van der Waals surface area contributed by atoms with Crippen molar-refractivity contribution in [3.05, 3.63) is 59.2 Å². The molecule has 1 heterocycles. The number of aryl methyl sites for hydroxylation is 2. The second kappa shape index (κ2) is 7.78. The SMILES string of the molecule is COc1ccc(C)cc1S(=O)(=O)N1CC[NH+](Cc2cccc(C)c2)CC1. The summed E-state index contributed by atoms with van der Waals surface area (Å²) in [6.07, 6.45) is 0. The molecule has 0 bridgehead atoms. The van der Waals surface area contributed by atoms with Crippen molar-refractivity contribution in [2.75, 3.05) is 33.3 Å². The van der Waals surface area contributed by atoms with Crippen LogP contribution in [0.5, 0.6) is 5.75 Å². The number of nitrogens with one attached hydrogen (secondary N) is 1. The van der Waals surface area contributed by atoms with Crippen LogP contribution in [0.15, 0.2) is 47.4 Å². The number of methoxy groups -OCH3 is 1. The maximum Gasteiger partial charge on any atom is 0.247 e. The molecule has 5 nitrogen and oxygen atoms in total. The third-order valence-corrected chi connectivity index (χ3v) is 6.82. The number of ether oxygens (including phenoxy) is 1. The number of hydrogen-bond acceptors (Lipinski definition) is 3. The predicted molar refractivity (Wildman–Crippen MR) is 102 cm³/mol. The quantitative estimate of drug-likeness (QED) is 0.860. The van der Waals surface area contributed by atoms with E-state index >= 15 is 0 Å². The Hall–Kier alpha value is -1.89. The van der Waals surface area contributed by atoms with E-state index in [1.165, 1.54) is 23.1 Å². The summed E-state index contributed by atoms with van der Waals surface area (Å²) in [5.41, 5.74) is 3.47. The van der Waals surface area contributed by atoms with Gasteiger partial charge in [-0.15, -0.1) is 0 Å². The van der Waals surface area contributed by atoms with Gasteiger partial charge in [-0.3, -0.25) is 0 Å². The van der Waals surface area contributed by atoms with Gasteiger partial charge in [0.15, 0.2) is 0 Å². The molecule has 1 N–H and O–H groups in total. The van der Waals surface area contributed by atoms with Gasteiger partial charge in [-0.05, 0) is 31.5 Å². The number of benzene rings is 2. The van der Waals surface area contributed by atoms with Crippen LogP contribution < -0.4 is 9.64 Å². The maximum absolute atomic E-state index is 13.1. The molecule has 0 saturated carbocycles. The molecule has 1 fully saturated rings. The average molecular weight is 376 g/mol. The molecule has 2 aromatic carbocycles. The molecule has 3 rings (SSSR count). The fraction of sp³-hybridized carbons (Fsp3) is 0.400. The lowest BCUT2D eigenvalue weighted by molar-refractivity contribution is -0.917. The van der Waals surface area contributed by atoms with Crippen LogP contribution in [0.4, 0.5) is 0 Å². The van der Waals surface area contributed by atoms with Crippen molar-refractivity contribution in [3.63, 3.8) is 0 Å². The van der Waals surface area contributed by atoms with Crippen LogP contribution in [0.3, 0.4) is 0 Å². The third-order valence-electron chi connectivity index (χ3n) is 4.90. The van der Waals surface area contributed by atoms with Crippen molar-refractivity contribution in [2.45, 2.75) is 25.3 Å². The smallest absolute Gasteiger partial charge is 0.247 e. The summed E-state index contributed by atoms with van der Waals surface area (Å²) in [5, 5.41) is 0. The van der Waals surface area contributed by atoms with Crippen LogP contribution in [0.2, 0.25) is 0 Å². The zero-order valence-corrected chi connectivity index (χ0v) is 16.5. The first-order valence-corrected chi connectivity index (χ1v) is 10.4. The number of nitrogens with zero attached hydrogens (tertiary/aromatic N) is 1. The Bertz CT molecular complexity index is 872. The maximum atomic E-state index is 13.1. The molecule has 26 heavy (non-hydrogen) atoms. The van der Waals surface area contributed by atoms with Crippen molar-refractivity contribution in [1.82, 2.24) is 4.31 Å². The summed E-state index contributed by atoms with van der Waals surface area (Å²) in [6.45, 7) is 7.59. The topological polar surface area (TPSA) is 51.1 Å². The Morgan fingerprint density at radius 1 is 1.04 bits per heavy atom. The molecule has 6 heteroatoms. The van der Waals surface area contributed by atoms with E-state index in [1.807, 2.05) is 13.0 Å². The second-order valence-corrected chi connectivity index (χ2v) is 8.88. The molecule has 140 valence electrons. The summed E-state index contributed by atoms with van der Waals surface area (Å²) in [4.78, 5) is 1.68. The van der Waals surface area contributed by atoms with Gasteiger partial charge in [0.25, 0.3) is 0 Å². The summed E-state index contributed by atoms with van der Waals surface area (Å²) < 4.78 is 33.0. The monoisotopic (exact) mass is 375 g/mol. The van der Waals surface area contributed by atoms with E-state index in [1.54, 1.807) is 16.4 Å². The highest BCUT2D eigenvalue weighted by Gasteiger charge is 2.32. The first-order valence-electron chi connectivity index (χ1n) is 8.94. The van der Waals surface area contributed by atoms with E-state index in [4.69, 9.17) is 4.74 Å². The second-order valence-electron chi connectivity index (χ2n) is 6.97. The zero-order valence-electron chi connectivity index (χ0n) is 15.7. The van der Waals surface area contributed by atoms with E-state index in [0.29, 0.717) is 18.8 Å². The Morgan fingerprint density at radius 3 is 2.38 bits per heavy atom.